The molecule has 0 radical (unpaired) electrons. The molecule has 0 saturated carbocycles. The van der Waals surface area contributed by atoms with Crippen LogP contribution in [-0.2, 0) is 4.79 Å². The molecule has 0 aliphatic rings. The van der Waals surface area contributed by atoms with Gasteiger partial charge in [-0.25, -0.2) is 0 Å². The summed E-state index contributed by atoms with van der Waals surface area (Å²) in [5.41, 5.74) is 1.01. The number of hydrogen-bond donors (Lipinski definition) is 1. The van der Waals surface area contributed by atoms with Gasteiger partial charge < -0.3 is 19.5 Å². The number of ether oxygens (including phenoxy) is 1. The molecule has 0 aliphatic carbocycles. The van der Waals surface area contributed by atoms with Crippen molar-refractivity contribution in [1.29, 1.82) is 0 Å². The highest BCUT2D eigenvalue weighted by atomic mass is 16.5. The Morgan fingerprint density at radius 1 is 1.17 bits per heavy atom. The molecule has 1 aromatic carbocycles. The minimum atomic E-state index is -0.242. The zero-order valence-electron chi connectivity index (χ0n) is 17.9. The Kier molecular flexibility index (Phi) is 8.24. The van der Waals surface area contributed by atoms with Gasteiger partial charge in [0.2, 0.25) is 5.91 Å². The molecule has 0 saturated heterocycles. The molecule has 158 valence electrons. The monoisotopic (exact) mass is 401 g/mol. The van der Waals surface area contributed by atoms with Crippen LogP contribution >= 0.6 is 0 Å². The largest absolute Gasteiger partial charge is 0.497 e. The SMILES string of the molecule is COc1cccc(-c2cc(C(=O)N(CCC(=O)NCC(C)C)CC(C)C)no2)c1. The fraction of sp³-hybridized carbons (Fsp3) is 0.500. The van der Waals surface area contributed by atoms with E-state index in [0.717, 1.165) is 5.56 Å². The number of methoxy groups -OCH3 is 1. The van der Waals surface area contributed by atoms with Crippen LogP contribution in [0.1, 0.15) is 44.6 Å². The zero-order chi connectivity index (χ0) is 21.4. The molecule has 7 heteroatoms. The number of aromatic nitrogens is 1. The Labute approximate surface area is 172 Å². The summed E-state index contributed by atoms with van der Waals surface area (Å²) in [5, 5.41) is 6.84. The first kappa shape index (κ1) is 22.5. The first-order valence-corrected chi connectivity index (χ1v) is 9.97. The van der Waals surface area contributed by atoms with Crippen molar-refractivity contribution in [3.63, 3.8) is 0 Å². The van der Waals surface area contributed by atoms with Crippen molar-refractivity contribution < 1.29 is 18.8 Å². The summed E-state index contributed by atoms with van der Waals surface area (Å²) < 4.78 is 10.6. The molecule has 0 spiro atoms. The van der Waals surface area contributed by atoms with E-state index in [0.29, 0.717) is 37.1 Å². The number of carbonyl (C=O) groups excluding carboxylic acids is 2. The summed E-state index contributed by atoms with van der Waals surface area (Å²) in [6, 6.07) is 8.99. The normalized spacial score (nSPS) is 11.0. The molecule has 0 aliphatic heterocycles. The maximum Gasteiger partial charge on any atom is 0.276 e. The van der Waals surface area contributed by atoms with Gasteiger partial charge in [0.15, 0.2) is 11.5 Å². The van der Waals surface area contributed by atoms with Crippen LogP contribution in [0.4, 0.5) is 0 Å². The third-order valence-electron chi connectivity index (χ3n) is 4.27. The second-order valence-corrected chi connectivity index (χ2v) is 7.90. The number of rotatable bonds is 10. The van der Waals surface area contributed by atoms with Crippen molar-refractivity contribution in [3.8, 4) is 17.1 Å². The molecule has 0 fully saturated rings. The van der Waals surface area contributed by atoms with Crippen LogP contribution in [0.3, 0.4) is 0 Å². The van der Waals surface area contributed by atoms with E-state index >= 15 is 0 Å². The quantitative estimate of drug-likeness (QED) is 0.657. The van der Waals surface area contributed by atoms with Crippen molar-refractivity contribution >= 4 is 11.8 Å². The molecule has 2 rings (SSSR count). The maximum atomic E-state index is 13.0. The van der Waals surface area contributed by atoms with Gasteiger partial charge in [-0.3, -0.25) is 9.59 Å². The van der Waals surface area contributed by atoms with Crippen molar-refractivity contribution in [2.45, 2.75) is 34.1 Å². The molecule has 29 heavy (non-hydrogen) atoms. The molecular formula is C22H31N3O4. The highest BCUT2D eigenvalue weighted by Crippen LogP contribution is 2.25. The summed E-state index contributed by atoms with van der Waals surface area (Å²) in [5.74, 6) is 1.54. The predicted molar refractivity (Wildman–Crippen MR) is 112 cm³/mol. The van der Waals surface area contributed by atoms with Gasteiger partial charge in [-0.2, -0.15) is 0 Å². The van der Waals surface area contributed by atoms with Crippen molar-refractivity contribution in [2.24, 2.45) is 11.8 Å². The van der Waals surface area contributed by atoms with Crippen LogP contribution in [-0.4, -0.2) is 48.6 Å². The first-order chi connectivity index (χ1) is 13.8. The summed E-state index contributed by atoms with van der Waals surface area (Å²) in [7, 11) is 1.59. The second kappa shape index (κ2) is 10.6. The smallest absolute Gasteiger partial charge is 0.276 e. The number of hydrogen-bond acceptors (Lipinski definition) is 5. The number of nitrogens with one attached hydrogen (secondary N) is 1. The van der Waals surface area contributed by atoms with Gasteiger partial charge in [0.1, 0.15) is 5.75 Å². The molecule has 7 nitrogen and oxygen atoms in total. The third kappa shape index (κ3) is 6.93. The lowest BCUT2D eigenvalue weighted by Crippen LogP contribution is -2.38. The lowest BCUT2D eigenvalue weighted by molar-refractivity contribution is -0.121. The summed E-state index contributed by atoms with van der Waals surface area (Å²) in [6.45, 7) is 9.65. The van der Waals surface area contributed by atoms with Crippen LogP contribution in [0.25, 0.3) is 11.3 Å². The Hall–Kier alpha value is -2.83. The molecule has 0 atom stereocenters. The standard InChI is InChI=1S/C22H31N3O4/c1-15(2)13-23-21(26)9-10-25(14-16(3)4)22(27)19-12-20(29-24-19)17-7-6-8-18(11-17)28-5/h6-8,11-12,15-16H,9-10,13-14H2,1-5H3,(H,23,26). The van der Waals surface area contributed by atoms with Crippen LogP contribution in [0.15, 0.2) is 34.9 Å². The van der Waals surface area contributed by atoms with E-state index in [1.54, 1.807) is 18.1 Å². The van der Waals surface area contributed by atoms with Crippen molar-refractivity contribution in [1.82, 2.24) is 15.4 Å². The minimum absolute atomic E-state index is 0.0579. The Bertz CT molecular complexity index is 814. The Morgan fingerprint density at radius 3 is 2.59 bits per heavy atom. The lowest BCUT2D eigenvalue weighted by Gasteiger charge is -2.23. The number of nitrogens with zero attached hydrogens (tertiary/aromatic N) is 2. The van der Waals surface area contributed by atoms with E-state index in [1.807, 2.05) is 52.0 Å². The van der Waals surface area contributed by atoms with Crippen LogP contribution in [0, 0.1) is 11.8 Å². The van der Waals surface area contributed by atoms with Gasteiger partial charge in [-0.15, -0.1) is 0 Å². The van der Waals surface area contributed by atoms with Crippen LogP contribution in [0.2, 0.25) is 0 Å². The fourth-order valence-electron chi connectivity index (χ4n) is 2.81. The third-order valence-corrected chi connectivity index (χ3v) is 4.27. The molecule has 1 heterocycles. The van der Waals surface area contributed by atoms with Gasteiger partial charge in [0, 0.05) is 37.7 Å². The molecule has 1 N–H and O–H groups in total. The van der Waals surface area contributed by atoms with Gasteiger partial charge in [0.25, 0.3) is 5.91 Å². The second-order valence-electron chi connectivity index (χ2n) is 7.90. The van der Waals surface area contributed by atoms with E-state index in [9.17, 15) is 9.59 Å². The molecule has 1 aromatic heterocycles. The zero-order valence-corrected chi connectivity index (χ0v) is 17.9. The van der Waals surface area contributed by atoms with Gasteiger partial charge in [-0.05, 0) is 24.0 Å². The van der Waals surface area contributed by atoms with Crippen LogP contribution in [0.5, 0.6) is 5.75 Å². The first-order valence-electron chi connectivity index (χ1n) is 9.97. The Morgan fingerprint density at radius 2 is 1.93 bits per heavy atom. The van der Waals surface area contributed by atoms with Crippen LogP contribution < -0.4 is 10.1 Å². The molecule has 0 unspecified atom stereocenters. The van der Waals surface area contributed by atoms with Crippen molar-refractivity contribution in [3.05, 3.63) is 36.0 Å². The topological polar surface area (TPSA) is 84.7 Å². The molecule has 2 amide bonds. The molecule has 2 aromatic rings. The number of amides is 2. The van der Waals surface area contributed by atoms with Gasteiger partial charge >= 0.3 is 0 Å². The summed E-state index contributed by atoms with van der Waals surface area (Å²) in [6.07, 6.45) is 0.256. The lowest BCUT2D eigenvalue weighted by atomic mass is 10.1. The minimum Gasteiger partial charge on any atom is -0.497 e. The average Bonchev–Trinajstić information content (AvgIpc) is 3.19. The van der Waals surface area contributed by atoms with Crippen molar-refractivity contribution in [2.75, 3.05) is 26.7 Å². The predicted octanol–water partition coefficient (Wildman–Crippen LogP) is 3.61. The highest BCUT2D eigenvalue weighted by molar-refractivity contribution is 5.93. The molecular weight excluding hydrogens is 370 g/mol. The van der Waals surface area contributed by atoms with Gasteiger partial charge in [0.05, 0.1) is 7.11 Å². The van der Waals surface area contributed by atoms with E-state index in [4.69, 9.17) is 9.26 Å². The summed E-state index contributed by atoms with van der Waals surface area (Å²) in [4.78, 5) is 26.7. The summed E-state index contributed by atoms with van der Waals surface area (Å²) >= 11 is 0. The maximum absolute atomic E-state index is 13.0. The van der Waals surface area contributed by atoms with Gasteiger partial charge in [-0.1, -0.05) is 45.0 Å². The fourth-order valence-corrected chi connectivity index (χ4v) is 2.81. The van der Waals surface area contributed by atoms with E-state index in [2.05, 4.69) is 10.5 Å². The average molecular weight is 402 g/mol. The number of benzene rings is 1. The Balaban J connectivity index is 2.08. The highest BCUT2D eigenvalue weighted by Gasteiger charge is 2.22. The van der Waals surface area contributed by atoms with E-state index < -0.39 is 0 Å². The van der Waals surface area contributed by atoms with E-state index in [-0.39, 0.29) is 29.8 Å². The number of carbonyl (C=O) groups is 2. The van der Waals surface area contributed by atoms with E-state index in [1.165, 1.54) is 0 Å². The molecule has 0 bridgehead atoms.